The van der Waals surface area contributed by atoms with Crippen LogP contribution in [-0.4, -0.2) is 6.54 Å². The van der Waals surface area contributed by atoms with Crippen molar-refractivity contribution in [3.8, 4) is 0 Å². The van der Waals surface area contributed by atoms with Gasteiger partial charge >= 0.3 is 0 Å². The third-order valence-corrected chi connectivity index (χ3v) is 6.03. The molecule has 112 valence electrons. The van der Waals surface area contributed by atoms with Gasteiger partial charge in [0, 0.05) is 13.4 Å². The number of nitrogens with one attached hydrogen (secondary N) is 1. The van der Waals surface area contributed by atoms with Gasteiger partial charge in [-0.25, -0.2) is 0 Å². The van der Waals surface area contributed by atoms with Gasteiger partial charge in [0.05, 0.1) is 11.1 Å². The molecule has 0 aromatic heterocycles. The molecule has 0 radical (unpaired) electrons. The van der Waals surface area contributed by atoms with Crippen molar-refractivity contribution < 1.29 is 0 Å². The highest BCUT2D eigenvalue weighted by Gasteiger charge is 2.18. The second kappa shape index (κ2) is 7.60. The zero-order chi connectivity index (χ0) is 15.6. The van der Waals surface area contributed by atoms with E-state index in [9.17, 15) is 0 Å². The summed E-state index contributed by atoms with van der Waals surface area (Å²) in [4.78, 5) is 0. The summed E-state index contributed by atoms with van der Waals surface area (Å²) in [7, 11) is 0. The van der Waals surface area contributed by atoms with Crippen LogP contribution in [-0.2, 0) is 0 Å². The number of hydrogen-bond acceptors (Lipinski definition) is 1. The molecule has 2 rings (SSSR count). The van der Waals surface area contributed by atoms with Crippen LogP contribution >= 0.6 is 59.4 Å². The normalized spacial score (nSPS) is 12.5. The summed E-state index contributed by atoms with van der Waals surface area (Å²) >= 11 is 16.9. The molecular weight excluding hydrogens is 481 g/mol. The number of hydrogen-bond donors (Lipinski definition) is 1. The second-order valence-electron chi connectivity index (χ2n) is 4.79. The Hall–Kier alpha value is 0.130. The van der Waals surface area contributed by atoms with Crippen molar-refractivity contribution in [2.75, 3.05) is 6.54 Å². The number of halogens is 4. The van der Waals surface area contributed by atoms with Crippen molar-refractivity contribution in [2.24, 2.45) is 0 Å². The standard InChI is InChI=1S/C16H15Br3ClN/c1-3-21-16(10-4-5-15(20)14(19)7-10)11-8-12(17)9(2)6-13(11)18/h4-8,16,21H,3H2,1-2H3. The molecule has 0 heterocycles. The Morgan fingerprint density at radius 3 is 2.38 bits per heavy atom. The minimum absolute atomic E-state index is 0.106. The SMILES string of the molecule is CCNC(c1ccc(Cl)c(Br)c1)c1cc(Br)c(C)cc1Br. The lowest BCUT2D eigenvalue weighted by molar-refractivity contribution is 0.628. The van der Waals surface area contributed by atoms with E-state index in [0.717, 1.165) is 25.0 Å². The lowest BCUT2D eigenvalue weighted by Crippen LogP contribution is -2.22. The van der Waals surface area contributed by atoms with Crippen LogP contribution in [0.1, 0.15) is 29.7 Å². The van der Waals surface area contributed by atoms with Crippen LogP contribution in [0.3, 0.4) is 0 Å². The highest BCUT2D eigenvalue weighted by atomic mass is 79.9. The molecule has 1 atom stereocenters. The molecule has 1 unspecified atom stereocenters. The molecule has 0 saturated carbocycles. The highest BCUT2D eigenvalue weighted by Crippen LogP contribution is 2.35. The molecule has 0 bridgehead atoms. The van der Waals surface area contributed by atoms with E-state index < -0.39 is 0 Å². The summed E-state index contributed by atoms with van der Waals surface area (Å²) in [5.74, 6) is 0. The molecule has 1 nitrogen and oxygen atoms in total. The van der Waals surface area contributed by atoms with Crippen LogP contribution in [0.2, 0.25) is 5.02 Å². The third kappa shape index (κ3) is 4.11. The first-order valence-corrected chi connectivity index (χ1v) is 9.33. The Bertz CT molecular complexity index is 658. The molecule has 0 aliphatic carbocycles. The maximum Gasteiger partial charge on any atom is 0.0588 e. The first kappa shape index (κ1) is 17.5. The van der Waals surface area contributed by atoms with Gasteiger partial charge in [0.1, 0.15) is 0 Å². The fourth-order valence-corrected chi connectivity index (χ4v) is 3.75. The Labute approximate surface area is 155 Å². The fourth-order valence-electron chi connectivity index (χ4n) is 2.19. The molecule has 0 amide bonds. The molecule has 2 aromatic rings. The Morgan fingerprint density at radius 2 is 1.76 bits per heavy atom. The molecule has 0 saturated heterocycles. The summed E-state index contributed by atoms with van der Waals surface area (Å²) in [5.41, 5.74) is 3.58. The first-order valence-electron chi connectivity index (χ1n) is 6.58. The van der Waals surface area contributed by atoms with Crippen LogP contribution < -0.4 is 5.32 Å². The van der Waals surface area contributed by atoms with Crippen molar-refractivity contribution in [3.63, 3.8) is 0 Å². The van der Waals surface area contributed by atoms with Gasteiger partial charge in [0.2, 0.25) is 0 Å². The molecule has 2 aromatic carbocycles. The van der Waals surface area contributed by atoms with E-state index in [1.165, 1.54) is 16.7 Å². The van der Waals surface area contributed by atoms with Crippen LogP contribution in [0.15, 0.2) is 43.7 Å². The van der Waals surface area contributed by atoms with Crippen molar-refractivity contribution >= 4 is 59.4 Å². The lowest BCUT2D eigenvalue weighted by atomic mass is 9.98. The maximum absolute atomic E-state index is 6.10. The molecule has 0 fully saturated rings. The molecular formula is C16H15Br3ClN. The van der Waals surface area contributed by atoms with Gasteiger partial charge < -0.3 is 5.32 Å². The average molecular weight is 496 g/mol. The van der Waals surface area contributed by atoms with Crippen LogP contribution in [0.5, 0.6) is 0 Å². The Kier molecular flexibility index (Phi) is 6.33. The van der Waals surface area contributed by atoms with E-state index in [-0.39, 0.29) is 6.04 Å². The zero-order valence-corrected chi connectivity index (χ0v) is 17.2. The Morgan fingerprint density at radius 1 is 1.05 bits per heavy atom. The van der Waals surface area contributed by atoms with Crippen LogP contribution in [0.4, 0.5) is 0 Å². The van der Waals surface area contributed by atoms with E-state index in [1.54, 1.807) is 0 Å². The molecule has 5 heteroatoms. The molecule has 0 aliphatic heterocycles. The van der Waals surface area contributed by atoms with E-state index in [4.69, 9.17) is 11.6 Å². The number of benzene rings is 2. The van der Waals surface area contributed by atoms with Gasteiger partial charge in [0.25, 0.3) is 0 Å². The summed E-state index contributed by atoms with van der Waals surface area (Å²) in [6, 6.07) is 10.4. The van der Waals surface area contributed by atoms with E-state index in [1.807, 2.05) is 6.07 Å². The predicted molar refractivity (Wildman–Crippen MR) is 101 cm³/mol. The average Bonchev–Trinajstić information content (AvgIpc) is 2.44. The van der Waals surface area contributed by atoms with E-state index >= 15 is 0 Å². The van der Waals surface area contributed by atoms with Crippen LogP contribution in [0.25, 0.3) is 0 Å². The first-order chi connectivity index (χ1) is 9.93. The van der Waals surface area contributed by atoms with Crippen molar-refractivity contribution in [1.29, 1.82) is 0 Å². The van der Waals surface area contributed by atoms with Crippen LogP contribution in [0, 0.1) is 6.92 Å². The number of rotatable bonds is 4. The summed E-state index contributed by atoms with van der Waals surface area (Å²) < 4.78 is 3.11. The van der Waals surface area contributed by atoms with Gasteiger partial charge in [-0.3, -0.25) is 0 Å². The van der Waals surface area contributed by atoms with E-state index in [0.29, 0.717) is 0 Å². The fraction of sp³-hybridized carbons (Fsp3) is 0.250. The summed E-state index contributed by atoms with van der Waals surface area (Å²) in [5, 5.41) is 4.26. The number of aryl methyl sites for hydroxylation is 1. The van der Waals surface area contributed by atoms with Crippen molar-refractivity contribution in [2.45, 2.75) is 19.9 Å². The minimum Gasteiger partial charge on any atom is -0.306 e. The van der Waals surface area contributed by atoms with Gasteiger partial charge in [-0.15, -0.1) is 0 Å². The van der Waals surface area contributed by atoms with Gasteiger partial charge in [-0.1, -0.05) is 56.5 Å². The maximum atomic E-state index is 6.10. The van der Waals surface area contributed by atoms with Gasteiger partial charge in [-0.2, -0.15) is 0 Å². The summed E-state index contributed by atoms with van der Waals surface area (Å²) in [6.45, 7) is 5.07. The molecule has 0 aliphatic rings. The molecule has 21 heavy (non-hydrogen) atoms. The lowest BCUT2D eigenvalue weighted by Gasteiger charge is -2.22. The van der Waals surface area contributed by atoms with E-state index in [2.05, 4.69) is 91.2 Å². The van der Waals surface area contributed by atoms with Crippen molar-refractivity contribution in [3.05, 3.63) is 65.5 Å². The largest absolute Gasteiger partial charge is 0.306 e. The second-order valence-corrected chi connectivity index (χ2v) is 7.76. The highest BCUT2D eigenvalue weighted by molar-refractivity contribution is 9.11. The monoisotopic (exact) mass is 493 g/mol. The smallest absolute Gasteiger partial charge is 0.0588 e. The van der Waals surface area contributed by atoms with Crippen molar-refractivity contribution in [1.82, 2.24) is 5.32 Å². The molecule has 0 spiro atoms. The Balaban J connectivity index is 2.52. The predicted octanol–water partition coefficient (Wildman–Crippen LogP) is 6.63. The molecule has 1 N–H and O–H groups in total. The quantitative estimate of drug-likeness (QED) is 0.501. The topological polar surface area (TPSA) is 12.0 Å². The summed E-state index contributed by atoms with van der Waals surface area (Å²) in [6.07, 6.45) is 0. The minimum atomic E-state index is 0.106. The third-order valence-electron chi connectivity index (χ3n) is 3.27. The van der Waals surface area contributed by atoms with Gasteiger partial charge in [0.15, 0.2) is 0 Å². The van der Waals surface area contributed by atoms with Gasteiger partial charge in [-0.05, 0) is 70.4 Å². The zero-order valence-electron chi connectivity index (χ0n) is 11.7.